The highest BCUT2D eigenvalue weighted by Gasteiger charge is 1.96. The molecule has 0 aliphatic heterocycles. The second-order valence-corrected chi connectivity index (χ2v) is 2.13. The minimum atomic E-state index is -0.00958. The van der Waals surface area contributed by atoms with E-state index in [0.29, 0.717) is 12.3 Å². The second-order valence-electron chi connectivity index (χ2n) is 2.13. The molecule has 0 rings (SSSR count). The molecule has 0 saturated heterocycles. The predicted molar refractivity (Wildman–Crippen MR) is 31.0 cm³/mol. The lowest BCUT2D eigenvalue weighted by Crippen LogP contribution is -2.00. The van der Waals surface area contributed by atoms with Crippen LogP contribution in [0.3, 0.4) is 0 Å². The Kier molecular flexibility index (Phi) is 5.01. The summed E-state index contributed by atoms with van der Waals surface area (Å²) in [6, 6.07) is 0. The smallest absolute Gasteiger partial charge is 0.0822 e. The van der Waals surface area contributed by atoms with Crippen molar-refractivity contribution in [2.24, 2.45) is 5.92 Å². The van der Waals surface area contributed by atoms with Crippen LogP contribution in [0.4, 0.5) is 0 Å². The van der Waals surface area contributed by atoms with Gasteiger partial charge in [0.05, 0.1) is 6.61 Å². The molecule has 0 bridgehead atoms. The van der Waals surface area contributed by atoms with Gasteiger partial charge in [0.1, 0.15) is 0 Å². The van der Waals surface area contributed by atoms with E-state index in [1.807, 2.05) is 6.92 Å². The Morgan fingerprint density at radius 2 is 2.25 bits per heavy atom. The summed E-state index contributed by atoms with van der Waals surface area (Å²) >= 11 is 0. The van der Waals surface area contributed by atoms with Crippen LogP contribution in [-0.2, 0) is 5.11 Å². The Labute approximate surface area is 50.2 Å². The van der Waals surface area contributed by atoms with Crippen LogP contribution in [0.5, 0.6) is 0 Å². The predicted octanol–water partition coefficient (Wildman–Crippen LogP) is 0.825. The monoisotopic (exact) mass is 117 g/mol. The van der Waals surface area contributed by atoms with Crippen LogP contribution in [0, 0.1) is 5.92 Å². The highest BCUT2D eigenvalue weighted by atomic mass is 16.3. The van der Waals surface area contributed by atoms with Crippen molar-refractivity contribution in [1.82, 2.24) is 0 Å². The zero-order valence-electron chi connectivity index (χ0n) is 5.26. The van der Waals surface area contributed by atoms with E-state index in [1.54, 1.807) is 0 Å². The summed E-state index contributed by atoms with van der Waals surface area (Å²) in [6.07, 6.45) is 1.56. The standard InChI is InChI=1S/C6H13O2/c1-6(5-8)3-2-4-7/h6,8H,2-5H2,1H3. The van der Waals surface area contributed by atoms with E-state index in [4.69, 9.17) is 5.11 Å². The van der Waals surface area contributed by atoms with E-state index in [0.717, 1.165) is 6.42 Å². The summed E-state index contributed by atoms with van der Waals surface area (Å²) < 4.78 is 0. The molecule has 0 aliphatic rings. The Morgan fingerprint density at radius 3 is 2.62 bits per heavy atom. The molecular weight excluding hydrogens is 104 g/mol. The number of rotatable bonds is 4. The normalized spacial score (nSPS) is 13.9. The summed E-state index contributed by atoms with van der Waals surface area (Å²) in [6.45, 7) is 2.14. The average molecular weight is 117 g/mol. The molecule has 0 aliphatic carbocycles. The molecule has 0 aromatic heterocycles. The van der Waals surface area contributed by atoms with Crippen molar-refractivity contribution in [3.05, 3.63) is 0 Å². The van der Waals surface area contributed by atoms with Crippen LogP contribution in [0.1, 0.15) is 19.8 Å². The molecule has 0 aromatic rings. The molecule has 8 heavy (non-hydrogen) atoms. The van der Waals surface area contributed by atoms with Crippen LogP contribution in [0.15, 0.2) is 0 Å². The number of aliphatic hydroxyl groups is 1. The van der Waals surface area contributed by atoms with Crippen LogP contribution in [0.2, 0.25) is 0 Å². The molecular formula is C6H13O2. The van der Waals surface area contributed by atoms with Gasteiger partial charge < -0.3 is 5.11 Å². The van der Waals surface area contributed by atoms with Crippen LogP contribution < -0.4 is 0 Å². The van der Waals surface area contributed by atoms with Crippen LogP contribution in [-0.4, -0.2) is 18.3 Å². The fraction of sp³-hybridized carbons (Fsp3) is 1.00. The number of hydrogen-bond acceptors (Lipinski definition) is 1. The fourth-order valence-corrected chi connectivity index (χ4v) is 0.523. The van der Waals surface area contributed by atoms with Gasteiger partial charge in [0.25, 0.3) is 0 Å². The molecule has 49 valence electrons. The first-order chi connectivity index (χ1) is 3.81. The molecule has 1 unspecified atom stereocenters. The van der Waals surface area contributed by atoms with E-state index < -0.39 is 0 Å². The molecule has 2 heteroatoms. The number of hydrogen-bond donors (Lipinski definition) is 1. The van der Waals surface area contributed by atoms with E-state index in [2.05, 4.69) is 0 Å². The molecule has 0 heterocycles. The van der Waals surface area contributed by atoms with E-state index in [-0.39, 0.29) is 13.2 Å². The second kappa shape index (κ2) is 5.06. The maximum atomic E-state index is 9.87. The molecule has 2 nitrogen and oxygen atoms in total. The van der Waals surface area contributed by atoms with Gasteiger partial charge in [-0.2, -0.15) is 0 Å². The van der Waals surface area contributed by atoms with Gasteiger partial charge in [-0.3, -0.25) is 0 Å². The largest absolute Gasteiger partial charge is 0.396 e. The van der Waals surface area contributed by atoms with Crippen molar-refractivity contribution < 1.29 is 10.2 Å². The van der Waals surface area contributed by atoms with Crippen molar-refractivity contribution in [3.8, 4) is 0 Å². The molecule has 1 N–H and O–H groups in total. The molecule has 0 spiro atoms. The third-order valence-corrected chi connectivity index (χ3v) is 1.15. The van der Waals surface area contributed by atoms with Gasteiger partial charge in [-0.05, 0) is 18.8 Å². The lowest BCUT2D eigenvalue weighted by atomic mass is 10.1. The molecule has 0 fully saturated rings. The summed E-state index contributed by atoms with van der Waals surface area (Å²) in [4.78, 5) is 0. The minimum Gasteiger partial charge on any atom is -0.396 e. The lowest BCUT2D eigenvalue weighted by molar-refractivity contribution is 0.168. The summed E-state index contributed by atoms with van der Waals surface area (Å²) in [7, 11) is 0. The van der Waals surface area contributed by atoms with Gasteiger partial charge >= 0.3 is 0 Å². The molecule has 0 saturated carbocycles. The first-order valence-electron chi connectivity index (χ1n) is 3.00. The first kappa shape index (κ1) is 7.92. The maximum absolute atomic E-state index is 9.87. The van der Waals surface area contributed by atoms with Crippen LogP contribution in [0.25, 0.3) is 0 Å². The lowest BCUT2D eigenvalue weighted by Gasteiger charge is -2.02. The van der Waals surface area contributed by atoms with Gasteiger partial charge in [-0.15, -0.1) is 0 Å². The third-order valence-electron chi connectivity index (χ3n) is 1.15. The van der Waals surface area contributed by atoms with Gasteiger partial charge in [0.2, 0.25) is 0 Å². The van der Waals surface area contributed by atoms with Crippen molar-refractivity contribution in [2.75, 3.05) is 13.2 Å². The van der Waals surface area contributed by atoms with E-state index in [9.17, 15) is 5.11 Å². The van der Waals surface area contributed by atoms with Gasteiger partial charge in [-0.25, -0.2) is 5.11 Å². The fourth-order valence-electron chi connectivity index (χ4n) is 0.523. The van der Waals surface area contributed by atoms with Gasteiger partial charge in [-0.1, -0.05) is 6.92 Å². The minimum absolute atomic E-state index is 0.00958. The van der Waals surface area contributed by atoms with Crippen molar-refractivity contribution >= 4 is 0 Å². The summed E-state index contributed by atoms with van der Waals surface area (Å²) in [5, 5.41) is 18.3. The molecule has 1 atom stereocenters. The molecule has 1 radical (unpaired) electrons. The van der Waals surface area contributed by atoms with E-state index in [1.165, 1.54) is 0 Å². The SMILES string of the molecule is CC(CO)CCC[O]. The zero-order chi connectivity index (χ0) is 6.41. The van der Waals surface area contributed by atoms with Crippen molar-refractivity contribution in [3.63, 3.8) is 0 Å². The Balaban J connectivity index is 2.86. The highest BCUT2D eigenvalue weighted by Crippen LogP contribution is 2.01. The third kappa shape index (κ3) is 4.09. The van der Waals surface area contributed by atoms with Gasteiger partial charge in [0.15, 0.2) is 0 Å². The Hall–Kier alpha value is -0.0800. The first-order valence-corrected chi connectivity index (χ1v) is 3.00. The summed E-state index contributed by atoms with van der Waals surface area (Å²) in [5.74, 6) is 0.309. The van der Waals surface area contributed by atoms with Crippen molar-refractivity contribution in [2.45, 2.75) is 19.8 Å². The van der Waals surface area contributed by atoms with E-state index >= 15 is 0 Å². The highest BCUT2D eigenvalue weighted by molar-refractivity contribution is 4.48. The zero-order valence-corrected chi connectivity index (χ0v) is 5.26. The molecule has 0 amide bonds. The Morgan fingerprint density at radius 1 is 1.62 bits per heavy atom. The Bertz CT molecular complexity index is 45.8. The molecule has 0 aromatic carbocycles. The van der Waals surface area contributed by atoms with Gasteiger partial charge in [0, 0.05) is 6.61 Å². The topological polar surface area (TPSA) is 40.1 Å². The maximum Gasteiger partial charge on any atom is 0.0822 e. The van der Waals surface area contributed by atoms with Crippen molar-refractivity contribution in [1.29, 1.82) is 0 Å². The quantitative estimate of drug-likeness (QED) is 0.582. The van der Waals surface area contributed by atoms with Crippen LogP contribution >= 0.6 is 0 Å². The average Bonchev–Trinajstić information content (AvgIpc) is 1.83. The summed E-state index contributed by atoms with van der Waals surface area (Å²) in [5.41, 5.74) is 0. The number of aliphatic hydroxyl groups excluding tert-OH is 1.